The van der Waals surface area contributed by atoms with Crippen molar-refractivity contribution in [3.05, 3.63) is 30.3 Å². The second-order valence-corrected chi connectivity index (χ2v) is 5.22. The van der Waals surface area contributed by atoms with Crippen LogP contribution in [0.5, 0.6) is 0 Å². The van der Waals surface area contributed by atoms with Crippen molar-refractivity contribution in [2.75, 3.05) is 18.5 Å². The van der Waals surface area contributed by atoms with E-state index < -0.39 is 5.41 Å². The van der Waals surface area contributed by atoms with Gasteiger partial charge < -0.3 is 10.2 Å². The van der Waals surface area contributed by atoms with Gasteiger partial charge in [0.15, 0.2) is 0 Å². The molecule has 0 aliphatic rings. The average molecular weight is 248 g/mol. The summed E-state index contributed by atoms with van der Waals surface area (Å²) < 4.78 is 0. The van der Waals surface area contributed by atoms with Crippen LogP contribution in [-0.2, 0) is 9.59 Å². The molecule has 0 saturated heterocycles. The number of hydrogen-bond donors (Lipinski definition) is 1. The number of carbonyl (C=O) groups is 2. The van der Waals surface area contributed by atoms with E-state index >= 15 is 0 Å². The molecule has 98 valence electrons. The van der Waals surface area contributed by atoms with Gasteiger partial charge in [-0.15, -0.1) is 0 Å². The Labute approximate surface area is 108 Å². The van der Waals surface area contributed by atoms with Crippen LogP contribution in [0.4, 0.5) is 5.69 Å². The molecule has 2 amide bonds. The Morgan fingerprint density at radius 1 is 1.17 bits per heavy atom. The van der Waals surface area contributed by atoms with Gasteiger partial charge in [0.2, 0.25) is 11.8 Å². The summed E-state index contributed by atoms with van der Waals surface area (Å²) in [6, 6.07) is 9.33. The summed E-state index contributed by atoms with van der Waals surface area (Å²) in [4.78, 5) is 25.1. The third-order valence-electron chi connectivity index (χ3n) is 2.60. The Kier molecular flexibility index (Phi) is 4.48. The lowest BCUT2D eigenvalue weighted by Crippen LogP contribution is -2.42. The minimum absolute atomic E-state index is 0.0154. The van der Waals surface area contributed by atoms with Gasteiger partial charge in [0.25, 0.3) is 0 Å². The van der Waals surface area contributed by atoms with Crippen LogP contribution < -0.4 is 10.2 Å². The largest absolute Gasteiger partial charge is 0.347 e. The van der Waals surface area contributed by atoms with Crippen LogP contribution in [0.3, 0.4) is 0 Å². The highest BCUT2D eigenvalue weighted by Crippen LogP contribution is 2.13. The van der Waals surface area contributed by atoms with Crippen LogP contribution in [0.2, 0.25) is 0 Å². The van der Waals surface area contributed by atoms with Gasteiger partial charge in [-0.05, 0) is 12.1 Å². The second kappa shape index (κ2) is 5.67. The standard InChI is InChI=1S/C14H20N2O2/c1-14(2,3)13(18)15-10-12(17)16(4)11-8-6-5-7-9-11/h5-9H,10H2,1-4H3,(H,15,18). The fourth-order valence-corrected chi connectivity index (χ4v) is 1.34. The fourth-order valence-electron chi connectivity index (χ4n) is 1.34. The summed E-state index contributed by atoms with van der Waals surface area (Å²) in [6.45, 7) is 5.46. The molecule has 1 rings (SSSR count). The van der Waals surface area contributed by atoms with Crippen LogP contribution in [0.15, 0.2) is 30.3 Å². The first-order chi connectivity index (χ1) is 8.32. The van der Waals surface area contributed by atoms with Gasteiger partial charge in [0.05, 0.1) is 6.54 Å². The van der Waals surface area contributed by atoms with Gasteiger partial charge >= 0.3 is 0 Å². The quantitative estimate of drug-likeness (QED) is 0.887. The van der Waals surface area contributed by atoms with Crippen molar-refractivity contribution in [1.29, 1.82) is 0 Å². The molecule has 0 atom stereocenters. The fraction of sp³-hybridized carbons (Fsp3) is 0.429. The highest BCUT2D eigenvalue weighted by molar-refractivity contribution is 5.96. The molecule has 0 radical (unpaired) electrons. The van der Waals surface area contributed by atoms with E-state index in [1.54, 1.807) is 7.05 Å². The third-order valence-corrected chi connectivity index (χ3v) is 2.60. The molecule has 0 saturated carbocycles. The van der Waals surface area contributed by atoms with Gasteiger partial charge in [-0.3, -0.25) is 9.59 Å². The molecule has 0 heterocycles. The van der Waals surface area contributed by atoms with E-state index in [1.807, 2.05) is 51.1 Å². The summed E-state index contributed by atoms with van der Waals surface area (Å²) in [7, 11) is 1.70. The minimum atomic E-state index is -0.481. The number of nitrogens with zero attached hydrogens (tertiary/aromatic N) is 1. The molecule has 18 heavy (non-hydrogen) atoms. The third kappa shape index (κ3) is 3.87. The van der Waals surface area contributed by atoms with E-state index in [0.717, 1.165) is 5.69 Å². The molecule has 0 bridgehead atoms. The zero-order valence-corrected chi connectivity index (χ0v) is 11.4. The molecule has 1 aromatic carbocycles. The Bertz CT molecular complexity index is 421. The zero-order valence-electron chi connectivity index (χ0n) is 11.4. The predicted molar refractivity (Wildman–Crippen MR) is 72.3 cm³/mol. The Balaban J connectivity index is 2.54. The lowest BCUT2D eigenvalue weighted by atomic mass is 9.96. The molecule has 0 aromatic heterocycles. The maximum atomic E-state index is 11.9. The van der Waals surface area contributed by atoms with Crippen LogP contribution in [0.1, 0.15) is 20.8 Å². The van der Waals surface area contributed by atoms with Gasteiger partial charge in [-0.25, -0.2) is 0 Å². The van der Waals surface area contributed by atoms with Crippen molar-refractivity contribution in [3.63, 3.8) is 0 Å². The van der Waals surface area contributed by atoms with E-state index in [2.05, 4.69) is 5.32 Å². The molecule has 1 N–H and O–H groups in total. The summed E-state index contributed by atoms with van der Waals surface area (Å²) in [5.41, 5.74) is 0.332. The van der Waals surface area contributed by atoms with E-state index in [1.165, 1.54) is 4.90 Å². The molecular weight excluding hydrogens is 228 g/mol. The van der Waals surface area contributed by atoms with Crippen molar-refractivity contribution in [2.24, 2.45) is 5.41 Å². The Morgan fingerprint density at radius 3 is 2.22 bits per heavy atom. The maximum Gasteiger partial charge on any atom is 0.246 e. The Morgan fingerprint density at radius 2 is 1.72 bits per heavy atom. The number of likely N-dealkylation sites (N-methyl/N-ethyl adjacent to an activating group) is 1. The van der Waals surface area contributed by atoms with E-state index in [0.29, 0.717) is 0 Å². The number of para-hydroxylation sites is 1. The highest BCUT2D eigenvalue weighted by atomic mass is 16.2. The zero-order chi connectivity index (χ0) is 13.8. The Hall–Kier alpha value is -1.84. The monoisotopic (exact) mass is 248 g/mol. The first-order valence-corrected chi connectivity index (χ1v) is 5.92. The summed E-state index contributed by atoms with van der Waals surface area (Å²) in [5, 5.41) is 2.64. The summed E-state index contributed by atoms with van der Waals surface area (Å²) in [5.74, 6) is -0.267. The number of rotatable bonds is 3. The molecule has 0 aliphatic carbocycles. The molecule has 0 spiro atoms. The molecule has 0 unspecified atom stereocenters. The summed E-state index contributed by atoms with van der Waals surface area (Å²) >= 11 is 0. The number of carbonyl (C=O) groups excluding carboxylic acids is 2. The number of amides is 2. The van der Waals surface area contributed by atoms with Gasteiger partial charge in [0.1, 0.15) is 0 Å². The topological polar surface area (TPSA) is 49.4 Å². The highest BCUT2D eigenvalue weighted by Gasteiger charge is 2.22. The summed E-state index contributed by atoms with van der Waals surface area (Å²) in [6.07, 6.45) is 0. The first kappa shape index (κ1) is 14.2. The molecule has 4 nitrogen and oxygen atoms in total. The smallest absolute Gasteiger partial charge is 0.246 e. The van der Waals surface area contributed by atoms with E-state index in [9.17, 15) is 9.59 Å². The van der Waals surface area contributed by atoms with Crippen LogP contribution in [-0.4, -0.2) is 25.4 Å². The van der Waals surface area contributed by atoms with Crippen molar-refractivity contribution in [3.8, 4) is 0 Å². The van der Waals surface area contributed by atoms with Crippen LogP contribution >= 0.6 is 0 Å². The van der Waals surface area contributed by atoms with Gasteiger partial charge in [-0.1, -0.05) is 39.0 Å². The van der Waals surface area contributed by atoms with Gasteiger partial charge in [0, 0.05) is 18.2 Å². The average Bonchev–Trinajstić information content (AvgIpc) is 2.34. The molecule has 4 heteroatoms. The SMILES string of the molecule is CN(C(=O)CNC(=O)C(C)(C)C)c1ccccc1. The number of nitrogens with one attached hydrogen (secondary N) is 1. The van der Waals surface area contributed by atoms with Crippen molar-refractivity contribution >= 4 is 17.5 Å². The van der Waals surface area contributed by atoms with Crippen molar-refractivity contribution < 1.29 is 9.59 Å². The minimum Gasteiger partial charge on any atom is -0.347 e. The van der Waals surface area contributed by atoms with Crippen LogP contribution in [0.25, 0.3) is 0 Å². The molecule has 0 fully saturated rings. The predicted octanol–water partition coefficient (Wildman–Crippen LogP) is 1.81. The molecular formula is C14H20N2O2. The van der Waals surface area contributed by atoms with Gasteiger partial charge in [-0.2, -0.15) is 0 Å². The first-order valence-electron chi connectivity index (χ1n) is 5.92. The molecule has 1 aromatic rings. The normalized spacial score (nSPS) is 10.9. The number of anilines is 1. The van der Waals surface area contributed by atoms with Crippen LogP contribution in [0, 0.1) is 5.41 Å². The number of hydrogen-bond acceptors (Lipinski definition) is 2. The van der Waals surface area contributed by atoms with Crippen molar-refractivity contribution in [2.45, 2.75) is 20.8 Å². The second-order valence-electron chi connectivity index (χ2n) is 5.22. The molecule has 0 aliphatic heterocycles. The van der Waals surface area contributed by atoms with Crippen molar-refractivity contribution in [1.82, 2.24) is 5.32 Å². The number of benzene rings is 1. The van der Waals surface area contributed by atoms with E-state index in [4.69, 9.17) is 0 Å². The lowest BCUT2D eigenvalue weighted by Gasteiger charge is -2.20. The van der Waals surface area contributed by atoms with E-state index in [-0.39, 0.29) is 18.4 Å². The maximum absolute atomic E-state index is 11.9. The lowest BCUT2D eigenvalue weighted by molar-refractivity contribution is -0.130.